The molecule has 0 saturated carbocycles. The number of methoxy groups -OCH3 is 1. The van der Waals surface area contributed by atoms with Crippen molar-refractivity contribution in [2.75, 3.05) is 13.7 Å². The van der Waals surface area contributed by atoms with E-state index in [-0.39, 0.29) is 18.9 Å². The first-order valence-electron chi connectivity index (χ1n) is 15.1. The number of ether oxygens (including phenoxy) is 2. The monoisotopic (exact) mass is 598 g/mol. The van der Waals surface area contributed by atoms with Gasteiger partial charge in [-0.1, -0.05) is 152 Å². The standard InChI is InChI=1S/C39H38N2O4/c1-44-38(43)35(27-30-17-7-2-8-18-30)40-37(42)36(29-45-28-31-19-9-3-10-20-31)41-39(32-21-11-4-12-22-32,33-23-13-5-14-24-33)34-25-15-6-16-26-34/h2-26,35-36,41H,27-29H2,1H3,(H,40,42)/t35-,36-/m0/s1. The highest BCUT2D eigenvalue weighted by Crippen LogP contribution is 2.37. The van der Waals surface area contributed by atoms with Crippen molar-refractivity contribution in [1.82, 2.24) is 10.6 Å². The number of hydrogen-bond acceptors (Lipinski definition) is 5. The maximum Gasteiger partial charge on any atom is 0.328 e. The maximum absolute atomic E-state index is 14.3. The van der Waals surface area contributed by atoms with Crippen molar-refractivity contribution in [3.63, 3.8) is 0 Å². The fourth-order valence-corrected chi connectivity index (χ4v) is 5.59. The van der Waals surface area contributed by atoms with Crippen LogP contribution in [0.25, 0.3) is 0 Å². The number of nitrogens with one attached hydrogen (secondary N) is 2. The fraction of sp³-hybridized carbons (Fsp3) is 0.179. The molecule has 6 heteroatoms. The molecule has 228 valence electrons. The second-order valence-electron chi connectivity index (χ2n) is 10.8. The average molecular weight is 599 g/mol. The summed E-state index contributed by atoms with van der Waals surface area (Å²) < 4.78 is 11.3. The molecule has 0 heterocycles. The Bertz CT molecular complexity index is 1520. The number of hydrogen-bond donors (Lipinski definition) is 2. The molecule has 2 N–H and O–H groups in total. The molecule has 0 bridgehead atoms. The molecule has 5 rings (SSSR count). The first kappa shape index (κ1) is 31.4. The molecular formula is C39H38N2O4. The third-order valence-electron chi connectivity index (χ3n) is 7.81. The van der Waals surface area contributed by atoms with Gasteiger partial charge in [0.05, 0.1) is 25.9 Å². The second-order valence-corrected chi connectivity index (χ2v) is 10.8. The Hall–Kier alpha value is -5.04. The van der Waals surface area contributed by atoms with Gasteiger partial charge in [-0.25, -0.2) is 4.79 Å². The molecule has 6 nitrogen and oxygen atoms in total. The Morgan fingerprint density at radius 1 is 0.600 bits per heavy atom. The van der Waals surface area contributed by atoms with Crippen molar-refractivity contribution < 1.29 is 19.1 Å². The van der Waals surface area contributed by atoms with Crippen LogP contribution in [0.1, 0.15) is 27.8 Å². The van der Waals surface area contributed by atoms with Gasteiger partial charge in [-0.3, -0.25) is 10.1 Å². The number of carbonyl (C=O) groups is 2. The summed E-state index contributed by atoms with van der Waals surface area (Å²) in [6, 6.07) is 47.9. The van der Waals surface area contributed by atoms with Crippen molar-refractivity contribution in [3.05, 3.63) is 179 Å². The normalized spacial score (nSPS) is 12.6. The van der Waals surface area contributed by atoms with Gasteiger partial charge in [0.15, 0.2) is 0 Å². The van der Waals surface area contributed by atoms with E-state index in [1.807, 2.05) is 115 Å². The summed E-state index contributed by atoms with van der Waals surface area (Å²) in [6.07, 6.45) is 0.290. The van der Waals surface area contributed by atoms with E-state index in [0.717, 1.165) is 27.8 Å². The summed E-state index contributed by atoms with van der Waals surface area (Å²) in [4.78, 5) is 27.3. The Morgan fingerprint density at radius 2 is 1.02 bits per heavy atom. The molecule has 0 fully saturated rings. The van der Waals surface area contributed by atoms with Crippen LogP contribution in [-0.2, 0) is 37.6 Å². The summed E-state index contributed by atoms with van der Waals surface area (Å²) in [5.41, 5.74) is 3.84. The summed E-state index contributed by atoms with van der Waals surface area (Å²) in [5.74, 6) is -0.891. The largest absolute Gasteiger partial charge is 0.467 e. The summed E-state index contributed by atoms with van der Waals surface area (Å²) in [6.45, 7) is 0.375. The van der Waals surface area contributed by atoms with Crippen LogP contribution in [0, 0.1) is 0 Å². The van der Waals surface area contributed by atoms with Crippen LogP contribution in [0.5, 0.6) is 0 Å². The number of rotatable bonds is 14. The Balaban J connectivity index is 1.55. The van der Waals surface area contributed by atoms with Gasteiger partial charge in [0.1, 0.15) is 12.1 Å². The number of carbonyl (C=O) groups excluding carboxylic acids is 2. The lowest BCUT2D eigenvalue weighted by Crippen LogP contribution is -2.59. The van der Waals surface area contributed by atoms with E-state index >= 15 is 0 Å². The van der Waals surface area contributed by atoms with Crippen molar-refractivity contribution in [1.29, 1.82) is 0 Å². The molecule has 1 amide bonds. The Morgan fingerprint density at radius 3 is 1.47 bits per heavy atom. The van der Waals surface area contributed by atoms with Gasteiger partial charge in [-0.15, -0.1) is 0 Å². The lowest BCUT2D eigenvalue weighted by molar-refractivity contribution is -0.145. The molecular weight excluding hydrogens is 560 g/mol. The SMILES string of the molecule is COC(=O)[C@H](Cc1ccccc1)NC(=O)[C@H](COCc1ccccc1)NC(c1ccccc1)(c1ccccc1)c1ccccc1. The summed E-state index contributed by atoms with van der Waals surface area (Å²) >= 11 is 0. The van der Waals surface area contributed by atoms with Crippen LogP contribution in [0.3, 0.4) is 0 Å². The molecule has 5 aromatic rings. The predicted molar refractivity (Wildman–Crippen MR) is 176 cm³/mol. The lowest BCUT2D eigenvalue weighted by atomic mass is 9.76. The molecule has 2 atom stereocenters. The molecule has 0 unspecified atom stereocenters. The number of benzene rings is 5. The first-order valence-corrected chi connectivity index (χ1v) is 15.1. The quantitative estimate of drug-likeness (QED) is 0.120. The summed E-state index contributed by atoms with van der Waals surface area (Å²) in [7, 11) is 1.33. The van der Waals surface area contributed by atoms with Crippen LogP contribution in [0.4, 0.5) is 0 Å². The molecule has 0 aromatic heterocycles. The molecule has 0 spiro atoms. The van der Waals surface area contributed by atoms with Crippen LogP contribution < -0.4 is 10.6 Å². The third kappa shape index (κ3) is 7.92. The Labute approximate surface area is 265 Å². The van der Waals surface area contributed by atoms with E-state index in [1.165, 1.54) is 7.11 Å². The molecule has 0 aliphatic rings. The van der Waals surface area contributed by atoms with E-state index in [4.69, 9.17) is 9.47 Å². The zero-order valence-corrected chi connectivity index (χ0v) is 25.3. The highest BCUT2D eigenvalue weighted by atomic mass is 16.5. The van der Waals surface area contributed by atoms with Crippen molar-refractivity contribution in [2.45, 2.75) is 30.7 Å². The van der Waals surface area contributed by atoms with Gasteiger partial charge in [0.2, 0.25) is 5.91 Å². The maximum atomic E-state index is 14.3. The highest BCUT2D eigenvalue weighted by molar-refractivity contribution is 5.88. The number of amides is 1. The minimum atomic E-state index is -0.928. The van der Waals surface area contributed by atoms with E-state index < -0.39 is 23.6 Å². The first-order chi connectivity index (χ1) is 22.1. The van der Waals surface area contributed by atoms with Gasteiger partial charge in [0, 0.05) is 6.42 Å². The lowest BCUT2D eigenvalue weighted by Gasteiger charge is -2.40. The Kier molecular flexibility index (Phi) is 10.9. The smallest absolute Gasteiger partial charge is 0.328 e. The van der Waals surface area contributed by atoms with Gasteiger partial charge in [-0.05, 0) is 27.8 Å². The second kappa shape index (κ2) is 15.6. The van der Waals surface area contributed by atoms with Crippen molar-refractivity contribution in [2.24, 2.45) is 0 Å². The van der Waals surface area contributed by atoms with Crippen LogP contribution >= 0.6 is 0 Å². The number of esters is 1. The van der Waals surface area contributed by atoms with Crippen molar-refractivity contribution >= 4 is 11.9 Å². The predicted octanol–water partition coefficient (Wildman–Crippen LogP) is 6.05. The average Bonchev–Trinajstić information content (AvgIpc) is 3.11. The molecule has 0 aliphatic carbocycles. The summed E-state index contributed by atoms with van der Waals surface area (Å²) in [5, 5.41) is 6.73. The van der Waals surface area contributed by atoms with Crippen molar-refractivity contribution in [3.8, 4) is 0 Å². The van der Waals surface area contributed by atoms with E-state index in [0.29, 0.717) is 6.61 Å². The molecule has 0 radical (unpaired) electrons. The topological polar surface area (TPSA) is 76.7 Å². The van der Waals surface area contributed by atoms with Crippen LogP contribution in [0.2, 0.25) is 0 Å². The third-order valence-corrected chi connectivity index (χ3v) is 7.81. The van der Waals surface area contributed by atoms with Crippen LogP contribution in [-0.4, -0.2) is 37.7 Å². The highest BCUT2D eigenvalue weighted by Gasteiger charge is 2.40. The molecule has 5 aromatic carbocycles. The van der Waals surface area contributed by atoms with Gasteiger partial charge in [0.25, 0.3) is 0 Å². The van der Waals surface area contributed by atoms with Crippen LogP contribution in [0.15, 0.2) is 152 Å². The fourth-order valence-electron chi connectivity index (χ4n) is 5.59. The minimum absolute atomic E-state index is 0.0498. The van der Waals surface area contributed by atoms with Gasteiger partial charge < -0.3 is 14.8 Å². The van der Waals surface area contributed by atoms with E-state index in [1.54, 1.807) is 0 Å². The molecule has 0 saturated heterocycles. The van der Waals surface area contributed by atoms with E-state index in [9.17, 15) is 9.59 Å². The molecule has 0 aliphatic heterocycles. The zero-order chi connectivity index (χ0) is 31.3. The van der Waals surface area contributed by atoms with Gasteiger partial charge >= 0.3 is 5.97 Å². The minimum Gasteiger partial charge on any atom is -0.467 e. The molecule has 45 heavy (non-hydrogen) atoms. The van der Waals surface area contributed by atoms with Gasteiger partial charge in [-0.2, -0.15) is 0 Å². The van der Waals surface area contributed by atoms with E-state index in [2.05, 4.69) is 47.0 Å². The zero-order valence-electron chi connectivity index (χ0n) is 25.3.